The topological polar surface area (TPSA) is 168 Å². The molecule has 6 N–H and O–H groups in total. The van der Waals surface area contributed by atoms with Crippen molar-refractivity contribution in [3.05, 3.63) is 54.4 Å². The molecule has 0 aliphatic carbocycles. The Morgan fingerprint density at radius 3 is 2.56 bits per heavy atom. The molecule has 2 amide bonds. The number of imide groups is 1. The third-order valence-corrected chi connectivity index (χ3v) is 11.2. The van der Waals surface area contributed by atoms with Crippen molar-refractivity contribution in [1.82, 2.24) is 25.2 Å². The summed E-state index contributed by atoms with van der Waals surface area (Å²) in [5.74, 6) is 1.69. The molecule has 3 aromatic rings. The van der Waals surface area contributed by atoms with Gasteiger partial charge in [-0.1, -0.05) is 23.9 Å². The Kier molecular flexibility index (Phi) is 9.40. The van der Waals surface area contributed by atoms with Gasteiger partial charge in [-0.05, 0) is 56.0 Å². The van der Waals surface area contributed by atoms with Gasteiger partial charge in [0, 0.05) is 80.5 Å². The van der Waals surface area contributed by atoms with E-state index in [1.807, 2.05) is 30.6 Å². The van der Waals surface area contributed by atoms with Crippen molar-refractivity contribution in [1.29, 1.82) is 0 Å². The molecule has 4 aliphatic rings. The molecule has 0 bridgehead atoms. The second-order valence-corrected chi connectivity index (χ2v) is 14.4. The van der Waals surface area contributed by atoms with Crippen LogP contribution in [0.3, 0.4) is 0 Å². The van der Waals surface area contributed by atoms with Gasteiger partial charge in [-0.15, -0.1) is 0 Å². The Labute approximate surface area is 285 Å². The van der Waals surface area contributed by atoms with E-state index in [1.165, 1.54) is 17.3 Å². The predicted octanol–water partition coefficient (Wildman–Crippen LogP) is 2.48. The molecule has 6 heterocycles. The molecule has 4 aliphatic heterocycles. The molecule has 4 saturated heterocycles. The minimum absolute atomic E-state index is 0.0564. The first-order chi connectivity index (χ1) is 23.2. The number of piperazine rings is 1. The molecule has 0 saturated carbocycles. The molecule has 48 heavy (non-hydrogen) atoms. The third kappa shape index (κ3) is 7.07. The molecule has 254 valence electrons. The highest BCUT2D eigenvalue weighted by Gasteiger charge is 2.47. The van der Waals surface area contributed by atoms with Crippen molar-refractivity contribution in [3.63, 3.8) is 0 Å². The second-order valence-electron chi connectivity index (χ2n) is 13.4. The van der Waals surface area contributed by atoms with E-state index in [4.69, 9.17) is 26.2 Å². The van der Waals surface area contributed by atoms with Gasteiger partial charge in [0.05, 0.1) is 18.9 Å². The lowest BCUT2D eigenvalue weighted by atomic mass is 9.73. The molecular formula is C34H44N10O3S. The lowest BCUT2D eigenvalue weighted by Gasteiger charge is -2.41. The molecule has 1 unspecified atom stereocenters. The number of aromatic nitrogens is 3. The summed E-state index contributed by atoms with van der Waals surface area (Å²) in [6, 6.07) is 11.9. The van der Waals surface area contributed by atoms with Crippen molar-refractivity contribution in [2.45, 2.75) is 67.3 Å². The van der Waals surface area contributed by atoms with Crippen molar-refractivity contribution < 1.29 is 14.3 Å². The van der Waals surface area contributed by atoms with Crippen LogP contribution in [0.5, 0.6) is 0 Å². The number of nitrogens with one attached hydrogen (secondary N) is 2. The Morgan fingerprint density at radius 1 is 1.04 bits per heavy atom. The normalized spacial score (nSPS) is 24.6. The van der Waals surface area contributed by atoms with E-state index in [-0.39, 0.29) is 29.4 Å². The summed E-state index contributed by atoms with van der Waals surface area (Å²) in [6.07, 6.45) is 6.57. The molecule has 13 nitrogen and oxygen atoms in total. The van der Waals surface area contributed by atoms with E-state index >= 15 is 0 Å². The highest BCUT2D eigenvalue weighted by molar-refractivity contribution is 7.99. The fraction of sp³-hybridized carbons (Fsp3) is 0.500. The lowest BCUT2D eigenvalue weighted by molar-refractivity contribution is -0.133. The molecule has 3 atom stereocenters. The van der Waals surface area contributed by atoms with Crippen LogP contribution in [-0.2, 0) is 20.9 Å². The monoisotopic (exact) mass is 672 g/mol. The SMILES string of the molecule is C[C@@H]1OCC2(CCN(c3cnc(Sc4ccnc(N5CCN(Cc6cccc(NC7CCC(=O)NC7=O)c6)CC5)c4)c(N)n3)CC2)[C@@H]1N. The summed E-state index contributed by atoms with van der Waals surface area (Å²) in [4.78, 5) is 45.8. The molecule has 7 rings (SSSR count). The van der Waals surface area contributed by atoms with E-state index in [0.29, 0.717) is 23.7 Å². The number of nitrogens with two attached hydrogens (primary N) is 2. The van der Waals surface area contributed by atoms with Crippen molar-refractivity contribution >= 4 is 46.7 Å². The number of nitrogens with zero attached hydrogens (tertiary/aromatic N) is 6. The first kappa shape index (κ1) is 32.6. The summed E-state index contributed by atoms with van der Waals surface area (Å²) >= 11 is 1.50. The lowest BCUT2D eigenvalue weighted by Crippen LogP contribution is -2.50. The van der Waals surface area contributed by atoms with E-state index < -0.39 is 6.04 Å². The molecule has 1 aromatic carbocycles. The van der Waals surface area contributed by atoms with Gasteiger partial charge >= 0.3 is 0 Å². The van der Waals surface area contributed by atoms with Crippen molar-refractivity contribution in [2.75, 3.05) is 66.7 Å². The maximum Gasteiger partial charge on any atom is 0.249 e. The van der Waals surface area contributed by atoms with E-state index in [1.54, 1.807) is 0 Å². The summed E-state index contributed by atoms with van der Waals surface area (Å²) in [6.45, 7) is 8.86. The minimum atomic E-state index is -0.393. The van der Waals surface area contributed by atoms with Gasteiger partial charge in [-0.3, -0.25) is 19.8 Å². The van der Waals surface area contributed by atoms with Crippen molar-refractivity contribution in [3.8, 4) is 0 Å². The number of rotatable bonds is 8. The Balaban J connectivity index is 0.909. The number of carbonyl (C=O) groups is 2. The number of piperidine rings is 2. The highest BCUT2D eigenvalue weighted by atomic mass is 32.2. The standard InChI is InChI=1S/C34H44N10O3S/c1-22-30(35)34(21-47-22)8-11-43(12-9-34)28-19-38-33(31(36)40-28)48-25-7-10-37-27(18-25)44-15-13-42(14-16-44)20-23-3-2-4-24(17-23)39-26-5-6-29(45)41-32(26)46/h2-4,7,10,17-19,22,26,30,39H,5-6,8-9,11-16,20-21,35H2,1H3,(H2,36,40)(H,41,45,46)/t22-,26?,30+/m0/s1. The fourth-order valence-electron chi connectivity index (χ4n) is 7.20. The van der Waals surface area contributed by atoms with Crippen LogP contribution in [-0.4, -0.2) is 95.7 Å². The molecular weight excluding hydrogens is 629 g/mol. The summed E-state index contributed by atoms with van der Waals surface area (Å²) in [5.41, 5.74) is 15.0. The second kappa shape index (κ2) is 13.9. The number of anilines is 4. The molecule has 0 radical (unpaired) electrons. The summed E-state index contributed by atoms with van der Waals surface area (Å²) < 4.78 is 5.87. The highest BCUT2D eigenvalue weighted by Crippen LogP contribution is 2.42. The number of hydrogen-bond donors (Lipinski definition) is 4. The van der Waals surface area contributed by atoms with Crippen LogP contribution < -0.4 is 31.9 Å². The van der Waals surface area contributed by atoms with Gasteiger partial charge < -0.3 is 31.3 Å². The molecule has 1 spiro atoms. The van der Waals surface area contributed by atoms with Crippen LogP contribution in [0.4, 0.5) is 23.1 Å². The maximum absolute atomic E-state index is 12.2. The number of amides is 2. The molecule has 2 aromatic heterocycles. The Morgan fingerprint density at radius 2 is 1.83 bits per heavy atom. The minimum Gasteiger partial charge on any atom is -0.381 e. The van der Waals surface area contributed by atoms with Gasteiger partial charge in [0.1, 0.15) is 22.7 Å². The number of benzene rings is 1. The van der Waals surface area contributed by atoms with Gasteiger partial charge in [-0.25, -0.2) is 15.0 Å². The quantitative estimate of drug-likeness (QED) is 0.258. The van der Waals surface area contributed by atoms with E-state index in [0.717, 1.165) is 87.5 Å². The molecule has 4 fully saturated rings. The smallest absolute Gasteiger partial charge is 0.249 e. The number of hydrogen-bond acceptors (Lipinski definition) is 13. The Hall–Kier alpha value is -3.98. The van der Waals surface area contributed by atoms with Gasteiger partial charge in [0.2, 0.25) is 11.8 Å². The van der Waals surface area contributed by atoms with Crippen LogP contribution in [0.2, 0.25) is 0 Å². The van der Waals surface area contributed by atoms with Gasteiger partial charge in [0.15, 0.2) is 5.82 Å². The zero-order valence-electron chi connectivity index (χ0n) is 27.3. The van der Waals surface area contributed by atoms with Crippen LogP contribution in [0.25, 0.3) is 0 Å². The molecule has 14 heteroatoms. The van der Waals surface area contributed by atoms with Crippen LogP contribution in [0, 0.1) is 5.41 Å². The first-order valence-corrected chi connectivity index (χ1v) is 17.6. The number of carbonyl (C=O) groups excluding carboxylic acids is 2. The summed E-state index contributed by atoms with van der Waals surface area (Å²) in [7, 11) is 0. The van der Waals surface area contributed by atoms with E-state index in [2.05, 4.69) is 55.4 Å². The first-order valence-electron chi connectivity index (χ1n) is 16.8. The average molecular weight is 673 g/mol. The number of nitrogen functional groups attached to an aromatic ring is 1. The zero-order valence-corrected chi connectivity index (χ0v) is 28.1. The summed E-state index contributed by atoms with van der Waals surface area (Å²) in [5, 5.41) is 6.38. The average Bonchev–Trinajstić information content (AvgIpc) is 3.36. The zero-order chi connectivity index (χ0) is 33.3. The van der Waals surface area contributed by atoms with Crippen LogP contribution >= 0.6 is 11.8 Å². The predicted molar refractivity (Wildman–Crippen MR) is 186 cm³/mol. The van der Waals surface area contributed by atoms with Crippen LogP contribution in [0.1, 0.15) is 38.2 Å². The van der Waals surface area contributed by atoms with Gasteiger partial charge in [0.25, 0.3) is 0 Å². The number of ether oxygens (including phenoxy) is 1. The van der Waals surface area contributed by atoms with Crippen molar-refractivity contribution in [2.24, 2.45) is 11.1 Å². The largest absolute Gasteiger partial charge is 0.381 e. The third-order valence-electron chi connectivity index (χ3n) is 10.2. The number of pyridine rings is 1. The van der Waals surface area contributed by atoms with Crippen LogP contribution in [0.15, 0.2) is 58.7 Å². The maximum atomic E-state index is 12.2. The Bertz CT molecular complexity index is 1640. The van der Waals surface area contributed by atoms with Gasteiger partial charge in [-0.2, -0.15) is 0 Å². The fourth-order valence-corrected chi connectivity index (χ4v) is 7.97. The van der Waals surface area contributed by atoms with E-state index in [9.17, 15) is 9.59 Å².